The van der Waals surface area contributed by atoms with Crippen molar-refractivity contribution in [3.05, 3.63) is 93.9 Å². The first-order chi connectivity index (χ1) is 20.1. The van der Waals surface area contributed by atoms with Gasteiger partial charge in [-0.1, -0.05) is 77.3 Å². The minimum absolute atomic E-state index is 0.0652. The summed E-state index contributed by atoms with van der Waals surface area (Å²) in [4.78, 5) is 32.1. The predicted molar refractivity (Wildman–Crippen MR) is 170 cm³/mol. The van der Waals surface area contributed by atoms with Gasteiger partial charge in [0.15, 0.2) is 0 Å². The predicted octanol–water partition coefficient (Wildman–Crippen LogP) is 8.19. The monoisotopic (exact) mass is 582 g/mol. The van der Waals surface area contributed by atoms with E-state index in [-0.39, 0.29) is 17.5 Å². The summed E-state index contributed by atoms with van der Waals surface area (Å²) in [6.07, 6.45) is 7.39. The number of ether oxygens (including phenoxy) is 1. The van der Waals surface area contributed by atoms with E-state index in [1.54, 1.807) is 12.1 Å². The van der Waals surface area contributed by atoms with Crippen molar-refractivity contribution in [2.24, 2.45) is 5.92 Å². The third-order valence-electron chi connectivity index (χ3n) is 7.92. The molecule has 0 saturated heterocycles. The van der Waals surface area contributed by atoms with Crippen molar-refractivity contribution in [2.75, 3.05) is 0 Å². The number of aliphatic carboxylic acids is 1. The Morgan fingerprint density at radius 1 is 1.07 bits per heavy atom. The molecule has 1 atom stereocenters. The maximum Gasteiger partial charge on any atom is 0.326 e. The van der Waals surface area contributed by atoms with Crippen LogP contribution in [0.15, 0.2) is 67.2 Å². The number of carbonyl (C=O) groups is 2. The number of carboxylic acid groups (broad SMARTS) is 1. The molecule has 2 aromatic carbocycles. The first kappa shape index (κ1) is 29.5. The zero-order valence-corrected chi connectivity index (χ0v) is 25.3. The van der Waals surface area contributed by atoms with Crippen LogP contribution < -0.4 is 10.1 Å². The molecule has 218 valence electrons. The number of benzene rings is 2. The summed E-state index contributed by atoms with van der Waals surface area (Å²) in [6.45, 7) is 10.3. The molecule has 4 aromatic rings. The molecule has 5 rings (SSSR count). The summed E-state index contributed by atoms with van der Waals surface area (Å²) in [5.41, 5.74) is 2.38. The Kier molecular flexibility index (Phi) is 8.78. The summed E-state index contributed by atoms with van der Waals surface area (Å²) in [7, 11) is 0. The highest BCUT2D eigenvalue weighted by atomic mass is 32.1. The SMILES string of the molecule is C=Cc1ccc(C[C@@H](NC(=O)c2cc3ccc(Oc4ccc(C(C)(C)C)cc4)cc3c(CC3CCCC3)n2)C(=O)O)s1. The average molecular weight is 583 g/mol. The third-order valence-corrected chi connectivity index (χ3v) is 9.02. The first-order valence-electron chi connectivity index (χ1n) is 14.6. The number of rotatable bonds is 10. The van der Waals surface area contributed by atoms with Crippen LogP contribution in [0.3, 0.4) is 0 Å². The number of aromatic nitrogens is 1. The van der Waals surface area contributed by atoms with Crippen LogP contribution in [0.25, 0.3) is 16.8 Å². The second-order valence-electron chi connectivity index (χ2n) is 12.1. The lowest BCUT2D eigenvalue weighted by molar-refractivity contribution is -0.139. The quantitative estimate of drug-likeness (QED) is 0.197. The van der Waals surface area contributed by atoms with Gasteiger partial charge in [-0.15, -0.1) is 11.3 Å². The lowest BCUT2D eigenvalue weighted by Gasteiger charge is -2.19. The number of amides is 1. The molecule has 7 heteroatoms. The van der Waals surface area contributed by atoms with Crippen LogP contribution in [0.5, 0.6) is 11.5 Å². The van der Waals surface area contributed by atoms with Gasteiger partial charge in [0.1, 0.15) is 23.2 Å². The number of thiophene rings is 1. The average Bonchev–Trinajstić information content (AvgIpc) is 3.64. The van der Waals surface area contributed by atoms with Gasteiger partial charge < -0.3 is 15.2 Å². The highest BCUT2D eigenvalue weighted by molar-refractivity contribution is 7.12. The number of hydrogen-bond acceptors (Lipinski definition) is 5. The molecule has 0 unspecified atom stereocenters. The number of nitrogens with zero attached hydrogens (tertiary/aromatic N) is 1. The van der Waals surface area contributed by atoms with Gasteiger partial charge in [-0.25, -0.2) is 9.78 Å². The molecular formula is C35H38N2O4S. The number of fused-ring (bicyclic) bond motifs is 1. The Balaban J connectivity index is 1.41. The van der Waals surface area contributed by atoms with Crippen LogP contribution in [0.1, 0.15) is 78.0 Å². The van der Waals surface area contributed by atoms with E-state index in [0.29, 0.717) is 11.7 Å². The van der Waals surface area contributed by atoms with E-state index in [9.17, 15) is 14.7 Å². The molecule has 0 radical (unpaired) electrons. The third kappa shape index (κ3) is 7.08. The van der Waals surface area contributed by atoms with Crippen LogP contribution in [0.4, 0.5) is 0 Å². The van der Waals surface area contributed by atoms with Crippen LogP contribution >= 0.6 is 11.3 Å². The molecule has 42 heavy (non-hydrogen) atoms. The van der Waals surface area contributed by atoms with Crippen molar-refractivity contribution in [2.45, 2.75) is 70.8 Å². The molecule has 6 nitrogen and oxygen atoms in total. The molecule has 0 bridgehead atoms. The topological polar surface area (TPSA) is 88.5 Å². The zero-order chi connectivity index (χ0) is 29.9. The summed E-state index contributed by atoms with van der Waals surface area (Å²) in [6, 6.07) is 18.5. The summed E-state index contributed by atoms with van der Waals surface area (Å²) < 4.78 is 6.22. The Morgan fingerprint density at radius 2 is 1.79 bits per heavy atom. The van der Waals surface area contributed by atoms with Gasteiger partial charge in [-0.2, -0.15) is 0 Å². The van der Waals surface area contributed by atoms with Crippen LogP contribution in [0.2, 0.25) is 0 Å². The summed E-state index contributed by atoms with van der Waals surface area (Å²) in [5, 5.41) is 14.4. The molecule has 1 fully saturated rings. The van der Waals surface area contributed by atoms with Crippen molar-refractivity contribution >= 4 is 40.1 Å². The number of nitrogens with one attached hydrogen (secondary N) is 1. The molecule has 2 N–H and O–H groups in total. The van der Waals surface area contributed by atoms with E-state index in [2.05, 4.69) is 44.8 Å². The molecule has 0 spiro atoms. The van der Waals surface area contributed by atoms with Gasteiger partial charge in [0.2, 0.25) is 0 Å². The minimum Gasteiger partial charge on any atom is -0.480 e. The van der Waals surface area contributed by atoms with E-state index in [1.165, 1.54) is 29.7 Å². The minimum atomic E-state index is -1.08. The molecule has 0 aliphatic heterocycles. The Bertz CT molecular complexity index is 1590. The summed E-state index contributed by atoms with van der Waals surface area (Å²) in [5.74, 6) is 0.406. The normalized spacial score (nSPS) is 14.5. The lowest BCUT2D eigenvalue weighted by Crippen LogP contribution is -2.42. The first-order valence-corrected chi connectivity index (χ1v) is 15.4. The standard InChI is InChI=1S/C35H38N2O4S/c1-5-27-16-17-28(42-27)21-32(34(39)40)37-33(38)31-19-23-10-13-26(41-25-14-11-24(12-15-25)35(2,3)4)20-29(23)30(36-31)18-22-8-6-7-9-22/h5,10-17,19-20,22,32H,1,6-9,18,21H2,2-4H3,(H,37,38)(H,39,40)/t32-/m1/s1. The van der Waals surface area contributed by atoms with Crippen molar-refractivity contribution in [3.8, 4) is 11.5 Å². The van der Waals surface area contributed by atoms with E-state index < -0.39 is 17.9 Å². The molecule has 2 heterocycles. The highest BCUT2D eigenvalue weighted by Crippen LogP contribution is 2.33. The van der Waals surface area contributed by atoms with Crippen LogP contribution in [-0.4, -0.2) is 28.0 Å². The number of pyridine rings is 1. The van der Waals surface area contributed by atoms with E-state index in [4.69, 9.17) is 9.72 Å². The highest BCUT2D eigenvalue weighted by Gasteiger charge is 2.24. The second kappa shape index (κ2) is 12.5. The zero-order valence-electron chi connectivity index (χ0n) is 24.5. The van der Waals surface area contributed by atoms with Crippen molar-refractivity contribution in [3.63, 3.8) is 0 Å². The molecule has 1 aliphatic rings. The fourth-order valence-corrected chi connectivity index (χ4v) is 6.43. The van der Waals surface area contributed by atoms with Crippen molar-refractivity contribution in [1.29, 1.82) is 0 Å². The maximum atomic E-state index is 13.4. The van der Waals surface area contributed by atoms with Gasteiger partial charge >= 0.3 is 5.97 Å². The summed E-state index contributed by atoms with van der Waals surface area (Å²) >= 11 is 1.47. The molecule has 2 aromatic heterocycles. The lowest BCUT2D eigenvalue weighted by atomic mass is 9.87. The van der Waals surface area contributed by atoms with Gasteiger partial charge in [0.05, 0.1) is 0 Å². The maximum absolute atomic E-state index is 13.4. The largest absolute Gasteiger partial charge is 0.480 e. The van der Waals surface area contributed by atoms with Gasteiger partial charge in [0.25, 0.3) is 5.91 Å². The van der Waals surface area contributed by atoms with Gasteiger partial charge in [0, 0.05) is 27.3 Å². The second-order valence-corrected chi connectivity index (χ2v) is 13.3. The van der Waals surface area contributed by atoms with E-state index in [0.717, 1.165) is 51.2 Å². The number of carboxylic acids is 1. The smallest absolute Gasteiger partial charge is 0.326 e. The van der Waals surface area contributed by atoms with E-state index in [1.807, 2.05) is 42.5 Å². The number of carbonyl (C=O) groups excluding carboxylic acids is 1. The van der Waals surface area contributed by atoms with Crippen LogP contribution in [-0.2, 0) is 23.1 Å². The van der Waals surface area contributed by atoms with E-state index >= 15 is 0 Å². The number of hydrogen-bond donors (Lipinski definition) is 2. The van der Waals surface area contributed by atoms with Gasteiger partial charge in [-0.05, 0) is 71.2 Å². The molecule has 1 aliphatic carbocycles. The fraction of sp³-hybridized carbons (Fsp3) is 0.343. The molecule has 1 saturated carbocycles. The molecule has 1 amide bonds. The van der Waals surface area contributed by atoms with Crippen molar-refractivity contribution < 1.29 is 19.4 Å². The Labute approximate surface area is 251 Å². The molecular weight excluding hydrogens is 544 g/mol. The fourth-order valence-electron chi connectivity index (χ4n) is 5.53. The van der Waals surface area contributed by atoms with Gasteiger partial charge in [-0.3, -0.25) is 4.79 Å². The van der Waals surface area contributed by atoms with Crippen molar-refractivity contribution in [1.82, 2.24) is 10.3 Å². The Hall–Kier alpha value is -3.97. The Morgan fingerprint density at radius 3 is 2.43 bits per heavy atom. The van der Waals surface area contributed by atoms with Crippen LogP contribution in [0, 0.1) is 5.92 Å².